The average Bonchev–Trinajstić information content (AvgIpc) is 3.01. The molecular formula is C36H31O2P. The van der Waals surface area contributed by atoms with Crippen LogP contribution in [0.2, 0.25) is 0 Å². The molecule has 6 aromatic rings. The molecule has 1 N–H and O–H groups in total. The molecule has 2 nitrogen and oxygen atoms in total. The van der Waals surface area contributed by atoms with Crippen LogP contribution in [-0.2, 0) is 0 Å². The predicted molar refractivity (Wildman–Crippen MR) is 167 cm³/mol. The van der Waals surface area contributed by atoms with E-state index in [0.29, 0.717) is 5.75 Å². The Morgan fingerprint density at radius 3 is 1.15 bits per heavy atom. The zero-order valence-electron chi connectivity index (χ0n) is 21.6. The van der Waals surface area contributed by atoms with Crippen molar-refractivity contribution >= 4 is 28.5 Å². The standard InChI is InChI=1S/C30H25OP.C6H6O/c1-5-15-25(16-6-1)31-29-23-13-14-24-30(29)32(26-17-7-2-8-18-26,27-19-9-3-10-20-27)28-21-11-4-12-22-28;7-6-4-2-1-3-5-6/h1-24,32H;1-5,7H. The molecule has 0 aliphatic rings. The number of hydrogen-bond acceptors (Lipinski definition) is 2. The Labute approximate surface area is 231 Å². The summed E-state index contributed by atoms with van der Waals surface area (Å²) in [6.07, 6.45) is 0. The number of phenols is 1. The molecule has 192 valence electrons. The van der Waals surface area contributed by atoms with Gasteiger partial charge in [0.05, 0.1) is 0 Å². The summed E-state index contributed by atoms with van der Waals surface area (Å²) in [5.41, 5.74) is 0. The van der Waals surface area contributed by atoms with E-state index in [-0.39, 0.29) is 0 Å². The van der Waals surface area contributed by atoms with E-state index < -0.39 is 7.26 Å². The monoisotopic (exact) mass is 526 g/mol. The fourth-order valence-electron chi connectivity index (χ4n) is 4.94. The van der Waals surface area contributed by atoms with Crippen LogP contribution in [0, 0.1) is 0 Å². The Morgan fingerprint density at radius 2 is 0.744 bits per heavy atom. The van der Waals surface area contributed by atoms with Gasteiger partial charge in [0.2, 0.25) is 0 Å². The van der Waals surface area contributed by atoms with E-state index in [4.69, 9.17) is 9.84 Å². The summed E-state index contributed by atoms with van der Waals surface area (Å²) in [4.78, 5) is 0. The van der Waals surface area contributed by atoms with Gasteiger partial charge in [0.15, 0.2) is 0 Å². The number of para-hydroxylation sites is 3. The molecule has 0 aliphatic carbocycles. The van der Waals surface area contributed by atoms with Gasteiger partial charge in [-0.1, -0.05) is 18.2 Å². The van der Waals surface area contributed by atoms with Gasteiger partial charge in [0.25, 0.3) is 0 Å². The van der Waals surface area contributed by atoms with E-state index in [1.165, 1.54) is 21.2 Å². The number of phenolic OH excluding ortho intramolecular Hbond substituents is 1. The molecule has 0 saturated heterocycles. The van der Waals surface area contributed by atoms with Crippen LogP contribution in [0.5, 0.6) is 17.2 Å². The molecule has 39 heavy (non-hydrogen) atoms. The van der Waals surface area contributed by atoms with Gasteiger partial charge in [-0.15, -0.1) is 0 Å². The summed E-state index contributed by atoms with van der Waals surface area (Å²) >= 11 is 0. The molecule has 6 aromatic carbocycles. The van der Waals surface area contributed by atoms with E-state index in [2.05, 4.69) is 115 Å². The van der Waals surface area contributed by atoms with Crippen molar-refractivity contribution in [2.45, 2.75) is 0 Å². The fraction of sp³-hybridized carbons (Fsp3) is 0. The van der Waals surface area contributed by atoms with Crippen molar-refractivity contribution in [3.05, 3.63) is 176 Å². The van der Waals surface area contributed by atoms with E-state index >= 15 is 0 Å². The van der Waals surface area contributed by atoms with Crippen LogP contribution >= 0.6 is 7.26 Å². The maximum absolute atomic E-state index is 8.63. The van der Waals surface area contributed by atoms with Gasteiger partial charge in [-0.2, -0.15) is 0 Å². The van der Waals surface area contributed by atoms with Crippen LogP contribution in [0.15, 0.2) is 176 Å². The van der Waals surface area contributed by atoms with Gasteiger partial charge < -0.3 is 5.11 Å². The van der Waals surface area contributed by atoms with Gasteiger partial charge in [0, 0.05) is 0 Å². The third-order valence-corrected chi connectivity index (χ3v) is 11.5. The van der Waals surface area contributed by atoms with Crippen LogP contribution in [0.25, 0.3) is 0 Å². The first kappa shape index (κ1) is 26.0. The molecule has 0 aliphatic heterocycles. The average molecular weight is 527 g/mol. The number of ether oxygens (including phenoxy) is 1. The third-order valence-electron chi connectivity index (χ3n) is 6.64. The second kappa shape index (κ2) is 12.7. The first-order valence-corrected chi connectivity index (χ1v) is 15.0. The molecule has 0 fully saturated rings. The van der Waals surface area contributed by atoms with E-state index in [9.17, 15) is 0 Å². The van der Waals surface area contributed by atoms with Gasteiger partial charge in [0.1, 0.15) is 5.75 Å². The number of rotatable bonds is 6. The van der Waals surface area contributed by atoms with E-state index in [0.717, 1.165) is 11.5 Å². The summed E-state index contributed by atoms with van der Waals surface area (Å²) in [5, 5.41) is 13.9. The Kier molecular flexibility index (Phi) is 8.48. The molecule has 0 bridgehead atoms. The molecule has 0 radical (unpaired) electrons. The number of benzene rings is 6. The molecule has 0 heterocycles. The Hall–Kier alpha value is -4.65. The minimum absolute atomic E-state index is 0.322. The van der Waals surface area contributed by atoms with Gasteiger partial charge in [-0.3, -0.25) is 0 Å². The minimum atomic E-state index is -2.62. The van der Waals surface area contributed by atoms with Gasteiger partial charge >= 0.3 is 190 Å². The Bertz CT molecular complexity index is 1460. The number of hydrogen-bond donors (Lipinski definition) is 1. The zero-order valence-corrected chi connectivity index (χ0v) is 22.6. The van der Waals surface area contributed by atoms with Crippen LogP contribution in [-0.4, -0.2) is 5.11 Å². The van der Waals surface area contributed by atoms with Crippen molar-refractivity contribution < 1.29 is 9.84 Å². The third kappa shape index (κ3) is 5.93. The van der Waals surface area contributed by atoms with Gasteiger partial charge in [-0.05, 0) is 12.1 Å². The van der Waals surface area contributed by atoms with Crippen molar-refractivity contribution in [3.63, 3.8) is 0 Å². The molecule has 0 atom stereocenters. The maximum atomic E-state index is 8.63. The van der Waals surface area contributed by atoms with Crippen LogP contribution in [0.3, 0.4) is 0 Å². The topological polar surface area (TPSA) is 29.5 Å². The van der Waals surface area contributed by atoms with E-state index in [1.807, 2.05) is 36.4 Å². The van der Waals surface area contributed by atoms with Crippen LogP contribution in [0.4, 0.5) is 0 Å². The van der Waals surface area contributed by atoms with Gasteiger partial charge in [-0.25, -0.2) is 0 Å². The molecule has 0 amide bonds. The predicted octanol–water partition coefficient (Wildman–Crippen LogP) is 7.22. The zero-order chi connectivity index (χ0) is 26.8. The van der Waals surface area contributed by atoms with Crippen LogP contribution < -0.4 is 26.0 Å². The normalized spacial score (nSPS) is 11.1. The summed E-state index contributed by atoms with van der Waals surface area (Å²) < 4.78 is 6.51. The SMILES string of the molecule is Oc1ccccc1.c1ccc(Oc2ccccc2[PH](c2ccccc2)(c2ccccc2)c2ccccc2)cc1. The fourth-order valence-corrected chi connectivity index (χ4v) is 9.80. The molecule has 3 heteroatoms. The quantitative estimate of drug-likeness (QED) is 0.232. The summed E-state index contributed by atoms with van der Waals surface area (Å²) in [5.74, 6) is 2.07. The summed E-state index contributed by atoms with van der Waals surface area (Å²) in [6, 6.07) is 60.0. The summed E-state index contributed by atoms with van der Waals surface area (Å²) in [6.45, 7) is 0. The first-order valence-electron chi connectivity index (χ1n) is 13.0. The van der Waals surface area contributed by atoms with E-state index in [1.54, 1.807) is 24.3 Å². The molecule has 6 rings (SSSR count). The van der Waals surface area contributed by atoms with Crippen molar-refractivity contribution in [1.29, 1.82) is 0 Å². The van der Waals surface area contributed by atoms with Crippen LogP contribution in [0.1, 0.15) is 0 Å². The Balaban J connectivity index is 0.000000384. The number of aromatic hydroxyl groups is 1. The molecule has 0 saturated carbocycles. The molecular weight excluding hydrogens is 495 g/mol. The molecule has 0 unspecified atom stereocenters. The van der Waals surface area contributed by atoms with Crippen molar-refractivity contribution in [2.24, 2.45) is 0 Å². The molecule has 0 spiro atoms. The summed E-state index contributed by atoms with van der Waals surface area (Å²) in [7, 11) is -2.62. The second-order valence-corrected chi connectivity index (χ2v) is 12.9. The second-order valence-electron chi connectivity index (χ2n) is 9.09. The van der Waals surface area contributed by atoms with Crippen molar-refractivity contribution in [2.75, 3.05) is 0 Å². The van der Waals surface area contributed by atoms with Crippen molar-refractivity contribution in [3.8, 4) is 17.2 Å². The Morgan fingerprint density at radius 1 is 0.385 bits per heavy atom. The molecule has 0 aromatic heterocycles. The van der Waals surface area contributed by atoms with Crippen molar-refractivity contribution in [1.82, 2.24) is 0 Å². The first-order chi connectivity index (χ1) is 19.3.